The number of ether oxygens (including phenoxy) is 1. The molecule has 0 spiro atoms. The second-order valence-electron chi connectivity index (χ2n) is 7.37. The summed E-state index contributed by atoms with van der Waals surface area (Å²) in [5, 5.41) is 2.96. The van der Waals surface area contributed by atoms with Gasteiger partial charge in [0.1, 0.15) is 0 Å². The third-order valence-electron chi connectivity index (χ3n) is 5.22. The molecular weight excluding hydrogens is 370 g/mol. The summed E-state index contributed by atoms with van der Waals surface area (Å²) in [6.07, 6.45) is 2.69. The highest BCUT2D eigenvalue weighted by Gasteiger charge is 2.11. The average molecular weight is 400 g/mol. The minimum absolute atomic E-state index is 0.00353. The van der Waals surface area contributed by atoms with Crippen LogP contribution < -0.4 is 5.32 Å². The van der Waals surface area contributed by atoms with Gasteiger partial charge >= 0.3 is 0 Å². The summed E-state index contributed by atoms with van der Waals surface area (Å²) in [6.45, 7) is 7.15. The van der Waals surface area contributed by atoms with Crippen LogP contribution in [-0.2, 0) is 4.74 Å². The number of rotatable bonds is 10. The topological polar surface area (TPSA) is 38.3 Å². The predicted octanol–water partition coefficient (Wildman–Crippen LogP) is 6.05. The summed E-state index contributed by atoms with van der Waals surface area (Å²) in [5.41, 5.74) is 4.23. The van der Waals surface area contributed by atoms with Crippen molar-refractivity contribution in [1.29, 1.82) is 0 Å². The van der Waals surface area contributed by atoms with Crippen molar-refractivity contribution in [2.75, 3.05) is 13.2 Å². The molecule has 1 N–H and O–H groups in total. The van der Waals surface area contributed by atoms with Crippen LogP contribution in [0.2, 0.25) is 0 Å². The maximum absolute atomic E-state index is 12.1. The fourth-order valence-corrected chi connectivity index (χ4v) is 3.27. The maximum atomic E-state index is 12.1. The Hall–Kier alpha value is -3.17. The minimum Gasteiger partial charge on any atom is -0.373 e. The first kappa shape index (κ1) is 21.5. The van der Waals surface area contributed by atoms with Crippen molar-refractivity contribution in [3.8, 4) is 11.1 Å². The number of nitrogens with one attached hydrogen (secondary N) is 1. The van der Waals surface area contributed by atoms with Crippen LogP contribution in [0.3, 0.4) is 0 Å². The zero-order valence-corrected chi connectivity index (χ0v) is 17.5. The second-order valence-corrected chi connectivity index (χ2v) is 7.37. The molecule has 0 radical (unpaired) electrons. The molecule has 3 aromatic carbocycles. The van der Waals surface area contributed by atoms with Gasteiger partial charge in [-0.05, 0) is 42.2 Å². The van der Waals surface area contributed by atoms with Gasteiger partial charge in [-0.15, -0.1) is 6.58 Å². The Bertz CT molecular complexity index is 920. The van der Waals surface area contributed by atoms with E-state index in [1.54, 1.807) is 0 Å². The number of carbonyl (C=O) groups is 1. The van der Waals surface area contributed by atoms with Crippen LogP contribution in [0.25, 0.3) is 11.1 Å². The van der Waals surface area contributed by atoms with Gasteiger partial charge in [0, 0.05) is 18.0 Å². The van der Waals surface area contributed by atoms with Crippen LogP contribution in [0.1, 0.15) is 35.4 Å². The van der Waals surface area contributed by atoms with Crippen molar-refractivity contribution in [1.82, 2.24) is 5.32 Å². The molecule has 3 rings (SSSR count). The van der Waals surface area contributed by atoms with E-state index in [0.29, 0.717) is 18.7 Å². The van der Waals surface area contributed by atoms with E-state index in [1.807, 2.05) is 54.6 Å². The smallest absolute Gasteiger partial charge is 0.251 e. The highest BCUT2D eigenvalue weighted by molar-refractivity contribution is 5.94. The van der Waals surface area contributed by atoms with Crippen LogP contribution in [0.15, 0.2) is 97.6 Å². The second kappa shape index (κ2) is 11.1. The average Bonchev–Trinajstić information content (AvgIpc) is 2.82. The van der Waals surface area contributed by atoms with Crippen molar-refractivity contribution < 1.29 is 9.53 Å². The quantitative estimate of drug-likeness (QED) is 0.421. The van der Waals surface area contributed by atoms with Crippen LogP contribution in [0, 0.1) is 5.92 Å². The SMILES string of the molecule is C=CC(CCNC(=O)c1ccccc1)COC(C)c1ccc(-c2ccccc2)cc1. The molecular formula is C27H29NO2. The van der Waals surface area contributed by atoms with E-state index in [-0.39, 0.29) is 17.9 Å². The lowest BCUT2D eigenvalue weighted by molar-refractivity contribution is 0.0473. The van der Waals surface area contributed by atoms with Crippen molar-refractivity contribution in [2.45, 2.75) is 19.4 Å². The summed E-state index contributed by atoms with van der Waals surface area (Å²) < 4.78 is 6.08. The normalized spacial score (nSPS) is 12.7. The molecule has 0 fully saturated rings. The fourth-order valence-electron chi connectivity index (χ4n) is 3.27. The molecule has 3 heteroatoms. The summed E-state index contributed by atoms with van der Waals surface area (Å²) in [6, 6.07) is 28.1. The molecule has 0 aliphatic heterocycles. The molecule has 0 bridgehead atoms. The Labute approximate surface area is 179 Å². The standard InChI is InChI=1S/C27H29NO2/c1-3-22(18-19-28-27(29)26-12-8-5-9-13-26)20-30-21(2)23-14-16-25(17-15-23)24-10-6-4-7-11-24/h3-17,21-22H,1,18-20H2,2H3,(H,28,29). The lowest BCUT2D eigenvalue weighted by Gasteiger charge is -2.18. The van der Waals surface area contributed by atoms with Gasteiger partial charge < -0.3 is 10.1 Å². The number of amides is 1. The number of hydrogen-bond donors (Lipinski definition) is 1. The Balaban J connectivity index is 1.45. The van der Waals surface area contributed by atoms with Crippen molar-refractivity contribution in [2.24, 2.45) is 5.92 Å². The van der Waals surface area contributed by atoms with Gasteiger partial charge in [0.2, 0.25) is 0 Å². The van der Waals surface area contributed by atoms with Crippen LogP contribution in [0.5, 0.6) is 0 Å². The summed E-state index contributed by atoms with van der Waals surface area (Å²) in [4.78, 5) is 12.1. The number of hydrogen-bond acceptors (Lipinski definition) is 2. The van der Waals surface area contributed by atoms with Crippen molar-refractivity contribution in [3.05, 3.63) is 109 Å². The first-order valence-electron chi connectivity index (χ1n) is 10.4. The zero-order valence-electron chi connectivity index (χ0n) is 17.5. The van der Waals surface area contributed by atoms with E-state index in [4.69, 9.17) is 4.74 Å². The molecule has 3 nitrogen and oxygen atoms in total. The van der Waals surface area contributed by atoms with E-state index in [0.717, 1.165) is 12.0 Å². The summed E-state index contributed by atoms with van der Waals surface area (Å²) >= 11 is 0. The van der Waals surface area contributed by atoms with Gasteiger partial charge in [0.05, 0.1) is 12.7 Å². The molecule has 0 saturated heterocycles. The van der Waals surface area contributed by atoms with Crippen LogP contribution in [-0.4, -0.2) is 19.1 Å². The van der Waals surface area contributed by atoms with E-state index >= 15 is 0 Å². The summed E-state index contributed by atoms with van der Waals surface area (Å²) in [7, 11) is 0. The highest BCUT2D eigenvalue weighted by atomic mass is 16.5. The third-order valence-corrected chi connectivity index (χ3v) is 5.22. The molecule has 0 aliphatic carbocycles. The van der Waals surface area contributed by atoms with Crippen molar-refractivity contribution in [3.63, 3.8) is 0 Å². The van der Waals surface area contributed by atoms with Crippen molar-refractivity contribution >= 4 is 5.91 Å². The lowest BCUT2D eigenvalue weighted by atomic mass is 10.0. The van der Waals surface area contributed by atoms with Gasteiger partial charge in [0.25, 0.3) is 5.91 Å². The molecule has 2 atom stereocenters. The van der Waals surface area contributed by atoms with Gasteiger partial charge in [-0.2, -0.15) is 0 Å². The molecule has 30 heavy (non-hydrogen) atoms. The Kier molecular flexibility index (Phi) is 7.99. The Morgan fingerprint density at radius 3 is 2.17 bits per heavy atom. The molecule has 3 aromatic rings. The van der Waals surface area contributed by atoms with Crippen LogP contribution in [0.4, 0.5) is 0 Å². The fraction of sp³-hybridized carbons (Fsp3) is 0.222. The number of benzene rings is 3. The molecule has 0 heterocycles. The van der Waals surface area contributed by atoms with E-state index in [9.17, 15) is 4.79 Å². The molecule has 1 amide bonds. The van der Waals surface area contributed by atoms with E-state index in [2.05, 4.69) is 55.2 Å². The largest absolute Gasteiger partial charge is 0.373 e. The highest BCUT2D eigenvalue weighted by Crippen LogP contribution is 2.24. The summed E-state index contributed by atoms with van der Waals surface area (Å²) in [5.74, 6) is 0.137. The van der Waals surface area contributed by atoms with E-state index in [1.165, 1.54) is 11.1 Å². The molecule has 0 saturated carbocycles. The number of carbonyl (C=O) groups excluding carboxylic acids is 1. The Morgan fingerprint density at radius 2 is 1.53 bits per heavy atom. The molecule has 0 aromatic heterocycles. The minimum atomic E-state index is -0.0498. The molecule has 2 unspecified atom stereocenters. The van der Waals surface area contributed by atoms with Gasteiger partial charge in [-0.3, -0.25) is 4.79 Å². The monoisotopic (exact) mass is 399 g/mol. The van der Waals surface area contributed by atoms with Gasteiger partial charge in [-0.1, -0.05) is 78.9 Å². The molecule has 154 valence electrons. The first-order chi connectivity index (χ1) is 14.7. The van der Waals surface area contributed by atoms with Crippen LogP contribution >= 0.6 is 0 Å². The zero-order chi connectivity index (χ0) is 21.2. The third kappa shape index (κ3) is 6.16. The first-order valence-corrected chi connectivity index (χ1v) is 10.4. The Morgan fingerprint density at radius 1 is 0.933 bits per heavy atom. The lowest BCUT2D eigenvalue weighted by Crippen LogP contribution is -2.26. The van der Waals surface area contributed by atoms with E-state index < -0.39 is 0 Å². The maximum Gasteiger partial charge on any atom is 0.251 e. The van der Waals surface area contributed by atoms with Gasteiger partial charge in [0.15, 0.2) is 0 Å². The van der Waals surface area contributed by atoms with Gasteiger partial charge in [-0.25, -0.2) is 0 Å². The predicted molar refractivity (Wildman–Crippen MR) is 123 cm³/mol. The molecule has 0 aliphatic rings.